The van der Waals surface area contributed by atoms with Gasteiger partial charge in [-0.3, -0.25) is 4.79 Å². The molecule has 4 nitrogen and oxygen atoms in total. The van der Waals surface area contributed by atoms with E-state index in [1.807, 2.05) is 67.6 Å². The first kappa shape index (κ1) is 18.2. The van der Waals surface area contributed by atoms with E-state index in [2.05, 4.69) is 5.32 Å². The molecule has 0 aliphatic carbocycles. The highest BCUT2D eigenvalue weighted by molar-refractivity contribution is 6.11. The van der Waals surface area contributed by atoms with Gasteiger partial charge in [-0.2, -0.15) is 5.26 Å². The van der Waals surface area contributed by atoms with Crippen LogP contribution in [0.4, 0.5) is 5.69 Å². The molecular weight excluding hydrogens is 336 g/mol. The molecular formula is C23H20N2O2. The van der Waals surface area contributed by atoms with E-state index < -0.39 is 5.91 Å². The van der Waals surface area contributed by atoms with Crippen molar-refractivity contribution in [2.24, 2.45) is 0 Å². The Labute approximate surface area is 158 Å². The quantitative estimate of drug-likeness (QED) is 0.489. The number of rotatable bonds is 6. The van der Waals surface area contributed by atoms with Gasteiger partial charge in [0.2, 0.25) is 0 Å². The number of amides is 1. The van der Waals surface area contributed by atoms with E-state index in [-0.39, 0.29) is 5.57 Å². The number of hydrogen-bond donors (Lipinski definition) is 1. The van der Waals surface area contributed by atoms with Gasteiger partial charge in [-0.15, -0.1) is 0 Å². The number of carbonyl (C=O) groups is 1. The summed E-state index contributed by atoms with van der Waals surface area (Å²) >= 11 is 0. The predicted molar refractivity (Wildman–Crippen MR) is 108 cm³/mol. The molecule has 27 heavy (non-hydrogen) atoms. The minimum atomic E-state index is -0.446. The third-order valence-corrected chi connectivity index (χ3v) is 4.08. The van der Waals surface area contributed by atoms with Crippen molar-refractivity contribution in [3.8, 4) is 11.8 Å². The van der Waals surface area contributed by atoms with Crippen molar-refractivity contribution < 1.29 is 9.53 Å². The third kappa shape index (κ3) is 4.34. The SMILES string of the molecule is CCCOc1ccc2ccccc2c1/C=C(\C#N)C(=O)Nc1ccccc1. The topological polar surface area (TPSA) is 62.1 Å². The van der Waals surface area contributed by atoms with Crippen LogP contribution in [-0.2, 0) is 4.79 Å². The highest BCUT2D eigenvalue weighted by Gasteiger charge is 2.13. The average Bonchev–Trinajstić information content (AvgIpc) is 2.71. The van der Waals surface area contributed by atoms with Crippen LogP contribution in [0.15, 0.2) is 72.3 Å². The van der Waals surface area contributed by atoms with E-state index in [4.69, 9.17) is 4.74 Å². The number of carbonyl (C=O) groups excluding carboxylic acids is 1. The monoisotopic (exact) mass is 356 g/mol. The van der Waals surface area contributed by atoms with Gasteiger partial charge < -0.3 is 10.1 Å². The molecule has 0 atom stereocenters. The molecule has 0 saturated heterocycles. The minimum absolute atomic E-state index is 0.0246. The second kappa shape index (κ2) is 8.68. The van der Waals surface area contributed by atoms with E-state index in [0.717, 1.165) is 22.8 Å². The zero-order valence-corrected chi connectivity index (χ0v) is 15.1. The summed E-state index contributed by atoms with van der Waals surface area (Å²) in [7, 11) is 0. The number of nitrogens with zero attached hydrogens (tertiary/aromatic N) is 1. The number of ether oxygens (including phenoxy) is 1. The van der Waals surface area contributed by atoms with Crippen LogP contribution in [0.3, 0.4) is 0 Å². The Morgan fingerprint density at radius 1 is 1.07 bits per heavy atom. The van der Waals surface area contributed by atoms with Crippen molar-refractivity contribution >= 4 is 28.4 Å². The number of hydrogen-bond acceptors (Lipinski definition) is 3. The van der Waals surface area contributed by atoms with Crippen molar-refractivity contribution in [1.29, 1.82) is 5.26 Å². The molecule has 0 fully saturated rings. The third-order valence-electron chi connectivity index (χ3n) is 4.08. The maximum atomic E-state index is 12.6. The number of nitrogens with one attached hydrogen (secondary N) is 1. The molecule has 0 bridgehead atoms. The van der Waals surface area contributed by atoms with Gasteiger partial charge >= 0.3 is 0 Å². The van der Waals surface area contributed by atoms with Gasteiger partial charge in [-0.05, 0) is 41.5 Å². The molecule has 3 aromatic carbocycles. The normalized spacial score (nSPS) is 11.0. The first-order valence-corrected chi connectivity index (χ1v) is 8.85. The van der Waals surface area contributed by atoms with Gasteiger partial charge in [0.25, 0.3) is 5.91 Å². The molecule has 3 aromatic rings. The first-order chi connectivity index (χ1) is 13.2. The van der Waals surface area contributed by atoms with Gasteiger partial charge in [0.05, 0.1) is 6.61 Å². The Balaban J connectivity index is 2.03. The Kier molecular flexibility index (Phi) is 5.86. The number of fused-ring (bicyclic) bond motifs is 1. The minimum Gasteiger partial charge on any atom is -0.493 e. The average molecular weight is 356 g/mol. The van der Waals surface area contributed by atoms with Gasteiger partial charge in [0.1, 0.15) is 17.4 Å². The van der Waals surface area contributed by atoms with Gasteiger partial charge in [0, 0.05) is 11.3 Å². The predicted octanol–water partition coefficient (Wildman–Crippen LogP) is 5.17. The summed E-state index contributed by atoms with van der Waals surface area (Å²) < 4.78 is 5.85. The van der Waals surface area contributed by atoms with E-state index in [1.54, 1.807) is 18.2 Å². The van der Waals surface area contributed by atoms with E-state index in [1.165, 1.54) is 0 Å². The molecule has 0 saturated carbocycles. The number of nitriles is 1. The fourth-order valence-corrected chi connectivity index (χ4v) is 2.78. The van der Waals surface area contributed by atoms with Crippen LogP contribution in [0.5, 0.6) is 5.75 Å². The summed E-state index contributed by atoms with van der Waals surface area (Å²) in [6.07, 6.45) is 2.47. The fraction of sp³-hybridized carbons (Fsp3) is 0.130. The maximum Gasteiger partial charge on any atom is 0.266 e. The molecule has 1 N–H and O–H groups in total. The van der Waals surface area contributed by atoms with Gasteiger partial charge in [-0.1, -0.05) is 55.5 Å². The summed E-state index contributed by atoms with van der Waals surface area (Å²) in [4.78, 5) is 12.6. The van der Waals surface area contributed by atoms with Crippen molar-refractivity contribution in [3.63, 3.8) is 0 Å². The van der Waals surface area contributed by atoms with Gasteiger partial charge in [-0.25, -0.2) is 0 Å². The van der Waals surface area contributed by atoms with E-state index >= 15 is 0 Å². The molecule has 0 spiro atoms. The zero-order chi connectivity index (χ0) is 19.1. The molecule has 134 valence electrons. The summed E-state index contributed by atoms with van der Waals surface area (Å²) in [6, 6.07) is 22.8. The van der Waals surface area contributed by atoms with Gasteiger partial charge in [0.15, 0.2) is 0 Å². The Bertz CT molecular complexity index is 1020. The van der Waals surface area contributed by atoms with E-state index in [0.29, 0.717) is 18.0 Å². The standard InChI is InChI=1S/C23H20N2O2/c1-2-14-27-22-13-12-17-8-6-7-11-20(17)21(22)15-18(16-24)23(26)25-19-9-4-3-5-10-19/h3-13,15H,2,14H2,1H3,(H,25,26)/b18-15+. The lowest BCUT2D eigenvalue weighted by Gasteiger charge is -2.12. The molecule has 4 heteroatoms. The number of benzene rings is 3. The highest BCUT2D eigenvalue weighted by Crippen LogP contribution is 2.30. The first-order valence-electron chi connectivity index (χ1n) is 8.85. The van der Waals surface area contributed by atoms with Crippen molar-refractivity contribution in [2.75, 3.05) is 11.9 Å². The highest BCUT2D eigenvalue weighted by atomic mass is 16.5. The summed E-state index contributed by atoms with van der Waals surface area (Å²) in [5, 5.41) is 14.3. The van der Waals surface area contributed by atoms with Crippen molar-refractivity contribution in [2.45, 2.75) is 13.3 Å². The van der Waals surface area contributed by atoms with Crippen LogP contribution in [0.25, 0.3) is 16.8 Å². The Morgan fingerprint density at radius 2 is 1.81 bits per heavy atom. The summed E-state index contributed by atoms with van der Waals surface area (Å²) in [6.45, 7) is 2.60. The van der Waals surface area contributed by atoms with E-state index in [9.17, 15) is 10.1 Å². The van der Waals surface area contributed by atoms with Crippen LogP contribution in [-0.4, -0.2) is 12.5 Å². The largest absolute Gasteiger partial charge is 0.493 e. The molecule has 3 rings (SSSR count). The lowest BCUT2D eigenvalue weighted by molar-refractivity contribution is -0.112. The molecule has 0 aliphatic rings. The van der Waals surface area contributed by atoms with Crippen LogP contribution in [0, 0.1) is 11.3 Å². The van der Waals surface area contributed by atoms with Crippen LogP contribution in [0.2, 0.25) is 0 Å². The lowest BCUT2D eigenvalue weighted by atomic mass is 10.0. The zero-order valence-electron chi connectivity index (χ0n) is 15.1. The lowest BCUT2D eigenvalue weighted by Crippen LogP contribution is -2.13. The Morgan fingerprint density at radius 3 is 2.56 bits per heavy atom. The molecule has 0 aliphatic heterocycles. The second-order valence-electron chi connectivity index (χ2n) is 6.04. The van der Waals surface area contributed by atoms with Crippen LogP contribution < -0.4 is 10.1 Å². The molecule has 0 unspecified atom stereocenters. The molecule has 0 radical (unpaired) electrons. The maximum absolute atomic E-state index is 12.6. The summed E-state index contributed by atoms with van der Waals surface area (Å²) in [5.41, 5.74) is 1.40. The smallest absolute Gasteiger partial charge is 0.266 e. The second-order valence-corrected chi connectivity index (χ2v) is 6.04. The number of anilines is 1. The van der Waals surface area contributed by atoms with Crippen molar-refractivity contribution in [3.05, 3.63) is 77.9 Å². The van der Waals surface area contributed by atoms with Crippen LogP contribution >= 0.6 is 0 Å². The number of para-hydroxylation sites is 1. The van der Waals surface area contributed by atoms with Crippen molar-refractivity contribution in [1.82, 2.24) is 0 Å². The van der Waals surface area contributed by atoms with Crippen LogP contribution in [0.1, 0.15) is 18.9 Å². The molecule has 1 amide bonds. The Hall–Kier alpha value is -3.58. The molecule has 0 aromatic heterocycles. The summed E-state index contributed by atoms with van der Waals surface area (Å²) in [5.74, 6) is 0.217. The molecule has 0 heterocycles. The fourth-order valence-electron chi connectivity index (χ4n) is 2.78.